The monoisotopic (exact) mass is 1030 g/mol. The van der Waals surface area contributed by atoms with E-state index in [1.807, 2.05) is 22.7 Å². The molecule has 378 valence electrons. The number of aryl methyl sites for hydroxylation is 4. The first-order valence-corrected chi connectivity index (χ1v) is 27.8. The van der Waals surface area contributed by atoms with E-state index in [-0.39, 0.29) is 22.8 Å². The Labute approximate surface area is 453 Å². The number of carbonyl (C=O) groups is 2. The number of thiophene rings is 2. The Hall–Kier alpha value is -7.78. The van der Waals surface area contributed by atoms with Crippen LogP contribution >= 0.6 is 22.7 Å². The van der Waals surface area contributed by atoms with Crippen molar-refractivity contribution in [2.24, 2.45) is 0 Å². The van der Waals surface area contributed by atoms with Crippen LogP contribution in [0.15, 0.2) is 170 Å². The molecule has 10 aromatic rings. The molecule has 0 bridgehead atoms. The summed E-state index contributed by atoms with van der Waals surface area (Å²) in [5, 5.41) is 2.48. The van der Waals surface area contributed by atoms with Crippen LogP contribution in [-0.4, -0.2) is 26.2 Å². The maximum Gasteiger partial charge on any atom is 0.305 e. The summed E-state index contributed by atoms with van der Waals surface area (Å²) in [7, 11) is 2.89. The van der Waals surface area contributed by atoms with Gasteiger partial charge in [-0.1, -0.05) is 113 Å². The van der Waals surface area contributed by atoms with E-state index in [1.54, 1.807) is 0 Å². The van der Waals surface area contributed by atoms with Crippen LogP contribution in [0.2, 0.25) is 0 Å². The number of ether oxygens (including phenoxy) is 2. The highest BCUT2D eigenvalue weighted by molar-refractivity contribution is 7.28. The van der Waals surface area contributed by atoms with Crippen LogP contribution in [0.1, 0.15) is 85.0 Å². The van der Waals surface area contributed by atoms with E-state index in [1.165, 1.54) is 99.8 Å². The van der Waals surface area contributed by atoms with Gasteiger partial charge in [-0.3, -0.25) is 9.59 Å². The van der Waals surface area contributed by atoms with Crippen LogP contribution in [0.4, 0.5) is 34.1 Å². The zero-order valence-electron chi connectivity index (χ0n) is 44.3. The molecule has 0 amide bonds. The number of esters is 2. The Morgan fingerprint density at radius 3 is 1.16 bits per heavy atom. The molecular weight excluding hydrogens is 973 g/mol. The Morgan fingerprint density at radius 1 is 0.421 bits per heavy atom. The molecule has 76 heavy (non-hydrogen) atoms. The van der Waals surface area contributed by atoms with Gasteiger partial charge in [0, 0.05) is 77.0 Å². The Bertz CT molecular complexity index is 3680. The molecule has 0 aliphatic heterocycles. The van der Waals surface area contributed by atoms with Crippen molar-refractivity contribution in [3.05, 3.63) is 214 Å². The summed E-state index contributed by atoms with van der Waals surface area (Å²) in [6.45, 7) is 13.9. The number of hydrogen-bond acceptors (Lipinski definition) is 8. The molecule has 0 saturated heterocycles. The maximum atomic E-state index is 12.1. The number of fused-ring (bicyclic) bond motifs is 8. The molecule has 2 aliphatic rings. The first-order valence-electron chi connectivity index (χ1n) is 26.2. The first-order chi connectivity index (χ1) is 36.7. The summed E-state index contributed by atoms with van der Waals surface area (Å²) in [5.41, 5.74) is 21.4. The smallest absolute Gasteiger partial charge is 0.305 e. The number of nitrogens with zero attached hydrogens (tertiary/aromatic N) is 2. The highest BCUT2D eigenvalue weighted by atomic mass is 32.1. The number of anilines is 6. The third-order valence-corrected chi connectivity index (χ3v) is 19.0. The highest BCUT2D eigenvalue weighted by Crippen LogP contribution is 2.54. The first kappa shape index (κ1) is 49.1. The van der Waals surface area contributed by atoms with E-state index >= 15 is 0 Å². The summed E-state index contributed by atoms with van der Waals surface area (Å²) in [4.78, 5) is 31.5. The minimum Gasteiger partial charge on any atom is -0.469 e. The van der Waals surface area contributed by atoms with Gasteiger partial charge in [-0.15, -0.1) is 22.7 Å². The van der Waals surface area contributed by atoms with Gasteiger partial charge in [0.15, 0.2) is 0 Å². The topological polar surface area (TPSA) is 59.1 Å². The minimum atomic E-state index is -0.205. The van der Waals surface area contributed by atoms with Gasteiger partial charge >= 0.3 is 11.9 Å². The fraction of sp³-hybridized carbons (Fsp3) is 0.206. The van der Waals surface area contributed by atoms with Gasteiger partial charge in [-0.2, -0.15) is 0 Å². The van der Waals surface area contributed by atoms with Crippen LogP contribution in [-0.2, 0) is 42.7 Å². The third kappa shape index (κ3) is 8.30. The lowest BCUT2D eigenvalue weighted by Crippen LogP contribution is -2.16. The zero-order chi connectivity index (χ0) is 52.6. The molecule has 8 heteroatoms. The minimum absolute atomic E-state index is 0.152. The lowest BCUT2D eigenvalue weighted by Gasteiger charge is -2.28. The SMILES string of the molecule is COC(=O)CCc1ccc(N(c2ccc3c(c2)C(C)(C)c2ccccc2-3)c2ccc3sc(-c4sc5ccc(N(c6ccc(CCC(=O)OC)cc6)c6ccc7c(c6)C(C)(C)c6ccccc6-7)cc5c4C)c(C)c3c2)cc1. The second-order valence-corrected chi connectivity index (χ2v) is 23.5. The number of methoxy groups -OCH3 is 2. The average molecular weight is 1030 g/mol. The predicted octanol–water partition coefficient (Wildman–Crippen LogP) is 18.2. The number of benzene rings is 8. The predicted molar refractivity (Wildman–Crippen MR) is 317 cm³/mol. The Kier molecular flexibility index (Phi) is 12.3. The van der Waals surface area contributed by atoms with Gasteiger partial charge in [0.25, 0.3) is 0 Å². The van der Waals surface area contributed by atoms with Gasteiger partial charge in [0.05, 0.1) is 14.2 Å². The molecule has 0 fully saturated rings. The fourth-order valence-electron chi connectivity index (χ4n) is 12.0. The van der Waals surface area contributed by atoms with E-state index < -0.39 is 0 Å². The van der Waals surface area contributed by atoms with E-state index in [0.717, 1.165) is 45.3 Å². The molecule has 2 aromatic heterocycles. The normalized spacial score (nSPS) is 13.5. The van der Waals surface area contributed by atoms with Crippen LogP contribution in [0, 0.1) is 13.8 Å². The standard InChI is InChI=1S/C68H60N2O4S2/c1-41-55-37-47(69(45-23-17-43(18-24-45)21-35-63(71)73-7)49-27-31-53-51-13-9-11-15-57(51)67(3,4)59(53)39-49)29-33-61(55)75-65(41)66-42(2)56-38-48(30-34-62(56)76-66)70(46-25-19-44(20-26-46)22-36-64(72)74-8)50-28-32-54-52-14-10-12-16-58(52)68(5,6)60(54)40-50/h9-20,23-34,37-40H,21-22,35-36H2,1-8H3. The second kappa shape index (κ2) is 19.1. The summed E-state index contributed by atoms with van der Waals surface area (Å²) in [6, 6.07) is 62.6. The van der Waals surface area contributed by atoms with Crippen molar-refractivity contribution in [3.63, 3.8) is 0 Å². The van der Waals surface area contributed by atoms with Crippen LogP contribution in [0.25, 0.3) is 52.2 Å². The van der Waals surface area contributed by atoms with Crippen LogP contribution in [0.5, 0.6) is 0 Å². The zero-order valence-corrected chi connectivity index (χ0v) is 46.0. The van der Waals surface area contributed by atoms with E-state index in [9.17, 15) is 9.59 Å². The molecular formula is C68H60N2O4S2. The number of hydrogen-bond donors (Lipinski definition) is 0. The van der Waals surface area contributed by atoms with Crippen LogP contribution in [0.3, 0.4) is 0 Å². The van der Waals surface area contributed by atoms with Crippen molar-refractivity contribution >= 4 is 88.9 Å². The lowest BCUT2D eigenvalue weighted by atomic mass is 9.82. The Balaban J connectivity index is 0.928. The summed E-state index contributed by atoms with van der Waals surface area (Å²) >= 11 is 3.74. The molecule has 0 spiro atoms. The summed E-state index contributed by atoms with van der Waals surface area (Å²) < 4.78 is 12.4. The van der Waals surface area contributed by atoms with E-state index in [4.69, 9.17) is 9.47 Å². The van der Waals surface area contributed by atoms with Crippen molar-refractivity contribution in [1.29, 1.82) is 0 Å². The lowest BCUT2D eigenvalue weighted by molar-refractivity contribution is -0.141. The highest BCUT2D eigenvalue weighted by Gasteiger charge is 2.37. The molecule has 2 heterocycles. The third-order valence-electron chi connectivity index (χ3n) is 16.3. The van der Waals surface area contributed by atoms with Crippen molar-refractivity contribution in [1.82, 2.24) is 0 Å². The average Bonchev–Trinajstić information content (AvgIpc) is 4.14. The maximum absolute atomic E-state index is 12.1. The fourth-order valence-corrected chi connectivity index (χ4v) is 14.6. The summed E-state index contributed by atoms with van der Waals surface area (Å²) in [5.74, 6) is -0.410. The molecule has 0 N–H and O–H groups in total. The van der Waals surface area contributed by atoms with Crippen LogP contribution < -0.4 is 9.80 Å². The number of carbonyl (C=O) groups excluding carboxylic acids is 2. The van der Waals surface area contributed by atoms with Gasteiger partial charge < -0.3 is 19.3 Å². The number of rotatable bonds is 13. The van der Waals surface area contributed by atoms with Crippen molar-refractivity contribution in [2.45, 2.75) is 78.1 Å². The molecule has 12 rings (SSSR count). The quantitative estimate of drug-likeness (QED) is 0.107. The molecule has 0 unspecified atom stereocenters. The van der Waals surface area contributed by atoms with E-state index in [2.05, 4.69) is 221 Å². The van der Waals surface area contributed by atoms with Gasteiger partial charge in [-0.05, 0) is 189 Å². The molecule has 0 atom stereocenters. The van der Waals surface area contributed by atoms with Gasteiger partial charge in [-0.25, -0.2) is 0 Å². The summed E-state index contributed by atoms with van der Waals surface area (Å²) in [6.07, 6.45) is 1.93. The molecule has 2 aliphatic carbocycles. The van der Waals surface area contributed by atoms with E-state index in [0.29, 0.717) is 25.7 Å². The molecule has 6 nitrogen and oxygen atoms in total. The molecule has 8 aromatic carbocycles. The molecule has 0 radical (unpaired) electrons. The van der Waals surface area contributed by atoms with Gasteiger partial charge in [0.1, 0.15) is 0 Å². The largest absolute Gasteiger partial charge is 0.469 e. The van der Waals surface area contributed by atoms with Crippen molar-refractivity contribution < 1.29 is 19.1 Å². The van der Waals surface area contributed by atoms with Crippen molar-refractivity contribution in [2.75, 3.05) is 24.0 Å². The Morgan fingerprint density at radius 2 is 0.763 bits per heavy atom. The van der Waals surface area contributed by atoms with Crippen molar-refractivity contribution in [3.8, 4) is 32.0 Å². The second-order valence-electron chi connectivity index (χ2n) is 21.4. The van der Waals surface area contributed by atoms with Gasteiger partial charge in [0.2, 0.25) is 0 Å². The molecule has 0 saturated carbocycles.